The number of hydrogen-bond acceptors (Lipinski definition) is 2. The number of rotatable bonds is 1. The van der Waals surface area contributed by atoms with E-state index in [4.69, 9.17) is 0 Å². The lowest BCUT2D eigenvalue weighted by Gasteiger charge is -2.17. The van der Waals surface area contributed by atoms with Crippen molar-refractivity contribution in [3.05, 3.63) is 34.5 Å². The fraction of sp³-hybridized carbons (Fsp3) is 0.357. The van der Waals surface area contributed by atoms with Crippen molar-refractivity contribution in [1.82, 2.24) is 4.98 Å². The van der Waals surface area contributed by atoms with Crippen LogP contribution in [0.1, 0.15) is 22.4 Å². The average Bonchev–Trinajstić information content (AvgIpc) is 2.32. The van der Waals surface area contributed by atoms with Gasteiger partial charge in [-0.1, -0.05) is 12.1 Å². The van der Waals surface area contributed by atoms with Gasteiger partial charge in [-0.25, -0.2) is 4.98 Å². The Morgan fingerprint density at radius 2 is 1.68 bits per heavy atom. The Hall–Kier alpha value is -1.78. The maximum absolute atomic E-state index is 13.0. The van der Waals surface area contributed by atoms with Gasteiger partial charge in [-0.2, -0.15) is 13.2 Å². The molecule has 0 atom stereocenters. The van der Waals surface area contributed by atoms with E-state index >= 15 is 0 Å². The number of benzene rings is 1. The first-order valence-electron chi connectivity index (χ1n) is 5.92. The highest BCUT2D eigenvalue weighted by molar-refractivity contribution is 5.95. The molecule has 1 aromatic carbocycles. The summed E-state index contributed by atoms with van der Waals surface area (Å²) in [5.74, 6) is 0. The molecule has 0 radical (unpaired) electrons. The molecule has 0 spiro atoms. The molecule has 1 heterocycles. The Balaban J connectivity index is 2.96. The number of aryl methyl sites for hydroxylation is 2. The van der Waals surface area contributed by atoms with Crippen LogP contribution in [0.4, 0.5) is 18.9 Å². The molecule has 0 saturated carbocycles. The molecule has 0 aliphatic carbocycles. The van der Waals surface area contributed by atoms with Crippen LogP contribution in [-0.2, 0) is 6.18 Å². The molecular formula is C14H15F3N2. The van der Waals surface area contributed by atoms with Gasteiger partial charge in [-0.15, -0.1) is 0 Å². The number of alkyl halides is 3. The molecule has 0 aliphatic rings. The Morgan fingerprint density at radius 1 is 1.05 bits per heavy atom. The monoisotopic (exact) mass is 268 g/mol. The Kier molecular flexibility index (Phi) is 3.16. The zero-order chi connectivity index (χ0) is 14.4. The maximum Gasteiger partial charge on any atom is 0.433 e. The van der Waals surface area contributed by atoms with E-state index in [9.17, 15) is 13.2 Å². The molecule has 1 aromatic heterocycles. The Bertz CT molecular complexity index is 645. The van der Waals surface area contributed by atoms with Crippen molar-refractivity contribution in [2.75, 3.05) is 12.4 Å². The molecule has 0 aliphatic heterocycles. The highest BCUT2D eigenvalue weighted by Gasteiger charge is 2.36. The van der Waals surface area contributed by atoms with Gasteiger partial charge in [0.15, 0.2) is 0 Å². The van der Waals surface area contributed by atoms with E-state index in [-0.39, 0.29) is 5.56 Å². The van der Waals surface area contributed by atoms with E-state index in [1.165, 1.54) is 6.92 Å². The number of hydrogen-bond donors (Lipinski definition) is 1. The summed E-state index contributed by atoms with van der Waals surface area (Å²) in [7, 11) is 1.62. The molecule has 0 amide bonds. The van der Waals surface area contributed by atoms with Crippen LogP contribution in [0, 0.1) is 20.8 Å². The summed E-state index contributed by atoms with van der Waals surface area (Å²) in [6.07, 6.45) is -4.44. The van der Waals surface area contributed by atoms with E-state index in [1.807, 2.05) is 19.1 Å². The zero-order valence-corrected chi connectivity index (χ0v) is 11.2. The van der Waals surface area contributed by atoms with E-state index < -0.39 is 11.9 Å². The SMILES string of the molecule is CNc1c(C)c(C(F)(F)F)nc2c(C)c(C)ccc12. The lowest BCUT2D eigenvalue weighted by Crippen LogP contribution is -2.13. The fourth-order valence-corrected chi connectivity index (χ4v) is 2.26. The summed E-state index contributed by atoms with van der Waals surface area (Å²) in [6.45, 7) is 5.10. The predicted molar refractivity (Wildman–Crippen MR) is 70.5 cm³/mol. The Labute approximate surface area is 109 Å². The third-order valence-corrected chi connectivity index (χ3v) is 3.44. The van der Waals surface area contributed by atoms with Crippen molar-refractivity contribution in [2.24, 2.45) is 0 Å². The number of fused-ring (bicyclic) bond motifs is 1. The number of nitrogens with one attached hydrogen (secondary N) is 1. The summed E-state index contributed by atoms with van der Waals surface area (Å²) >= 11 is 0. The zero-order valence-electron chi connectivity index (χ0n) is 11.2. The number of aromatic nitrogens is 1. The van der Waals surface area contributed by atoms with Gasteiger partial charge in [0.2, 0.25) is 0 Å². The third kappa shape index (κ3) is 2.13. The van der Waals surface area contributed by atoms with Gasteiger partial charge >= 0.3 is 6.18 Å². The molecule has 0 unspecified atom stereocenters. The van der Waals surface area contributed by atoms with Gasteiger partial charge in [0.1, 0.15) is 5.69 Å². The summed E-state index contributed by atoms with van der Waals surface area (Å²) in [4.78, 5) is 3.85. The lowest BCUT2D eigenvalue weighted by atomic mass is 10.0. The number of anilines is 1. The molecule has 5 heteroatoms. The first-order valence-corrected chi connectivity index (χ1v) is 5.92. The fourth-order valence-electron chi connectivity index (χ4n) is 2.26. The van der Waals surface area contributed by atoms with Crippen molar-refractivity contribution < 1.29 is 13.2 Å². The molecule has 0 saturated heterocycles. The highest BCUT2D eigenvalue weighted by atomic mass is 19.4. The summed E-state index contributed by atoms with van der Waals surface area (Å²) in [5.41, 5.74) is 1.91. The van der Waals surface area contributed by atoms with Crippen LogP contribution < -0.4 is 5.32 Å². The van der Waals surface area contributed by atoms with E-state index in [0.717, 1.165) is 16.5 Å². The molecule has 2 rings (SSSR count). The van der Waals surface area contributed by atoms with Crippen LogP contribution in [0.25, 0.3) is 10.9 Å². The van der Waals surface area contributed by atoms with E-state index in [1.54, 1.807) is 14.0 Å². The highest BCUT2D eigenvalue weighted by Crippen LogP contribution is 2.37. The standard InChI is InChI=1S/C14H15F3N2/c1-7-5-6-10-11(18-4)9(3)13(14(15,16)17)19-12(10)8(7)2/h5-6H,1-4H3,(H,18,19). The summed E-state index contributed by atoms with van der Waals surface area (Å²) in [6, 6.07) is 3.70. The van der Waals surface area contributed by atoms with Gasteiger partial charge in [-0.3, -0.25) is 0 Å². The van der Waals surface area contributed by atoms with Gasteiger partial charge in [0, 0.05) is 23.7 Å². The first-order chi connectivity index (χ1) is 8.77. The van der Waals surface area contributed by atoms with Gasteiger partial charge in [-0.05, 0) is 31.9 Å². The van der Waals surface area contributed by atoms with Crippen molar-refractivity contribution >= 4 is 16.6 Å². The van der Waals surface area contributed by atoms with E-state index in [2.05, 4.69) is 10.3 Å². The quantitative estimate of drug-likeness (QED) is 0.837. The van der Waals surface area contributed by atoms with Gasteiger partial charge in [0.05, 0.1) is 5.52 Å². The second-order valence-electron chi connectivity index (χ2n) is 4.61. The van der Waals surface area contributed by atoms with Crippen LogP contribution in [0.5, 0.6) is 0 Å². The van der Waals surface area contributed by atoms with Crippen molar-refractivity contribution in [2.45, 2.75) is 26.9 Å². The number of halogens is 3. The number of nitrogens with zero attached hydrogens (tertiary/aromatic N) is 1. The van der Waals surface area contributed by atoms with Crippen molar-refractivity contribution in [3.63, 3.8) is 0 Å². The average molecular weight is 268 g/mol. The molecule has 2 aromatic rings. The maximum atomic E-state index is 13.0. The minimum absolute atomic E-state index is 0.130. The molecule has 102 valence electrons. The first kappa shape index (κ1) is 13.6. The minimum Gasteiger partial charge on any atom is -0.387 e. The van der Waals surface area contributed by atoms with Crippen molar-refractivity contribution in [3.8, 4) is 0 Å². The number of pyridine rings is 1. The van der Waals surface area contributed by atoms with Crippen LogP contribution in [0.15, 0.2) is 12.1 Å². The Morgan fingerprint density at radius 3 is 2.21 bits per heavy atom. The van der Waals surface area contributed by atoms with Crippen LogP contribution in [-0.4, -0.2) is 12.0 Å². The second-order valence-corrected chi connectivity index (χ2v) is 4.61. The molecular weight excluding hydrogens is 253 g/mol. The summed E-state index contributed by atoms with van der Waals surface area (Å²) < 4.78 is 39.1. The second kappa shape index (κ2) is 4.40. The van der Waals surface area contributed by atoms with Crippen molar-refractivity contribution in [1.29, 1.82) is 0 Å². The van der Waals surface area contributed by atoms with Crippen LogP contribution in [0.3, 0.4) is 0 Å². The lowest BCUT2D eigenvalue weighted by molar-refractivity contribution is -0.141. The molecule has 0 bridgehead atoms. The normalized spacial score (nSPS) is 11.9. The van der Waals surface area contributed by atoms with Gasteiger partial charge in [0.25, 0.3) is 0 Å². The van der Waals surface area contributed by atoms with Crippen LogP contribution >= 0.6 is 0 Å². The topological polar surface area (TPSA) is 24.9 Å². The molecule has 19 heavy (non-hydrogen) atoms. The van der Waals surface area contributed by atoms with E-state index in [0.29, 0.717) is 11.2 Å². The predicted octanol–water partition coefficient (Wildman–Crippen LogP) is 4.22. The minimum atomic E-state index is -4.44. The molecule has 1 N–H and O–H groups in total. The molecule has 0 fully saturated rings. The van der Waals surface area contributed by atoms with Crippen LogP contribution in [0.2, 0.25) is 0 Å². The smallest absolute Gasteiger partial charge is 0.387 e. The largest absolute Gasteiger partial charge is 0.433 e. The third-order valence-electron chi connectivity index (χ3n) is 3.44. The summed E-state index contributed by atoms with van der Waals surface area (Å²) in [5, 5.41) is 3.58. The van der Waals surface area contributed by atoms with Gasteiger partial charge < -0.3 is 5.32 Å². The molecule has 2 nitrogen and oxygen atoms in total.